The largest absolute Gasteiger partial charge is 0.496 e. The topological polar surface area (TPSA) is 12.5 Å². The van der Waals surface area contributed by atoms with Crippen LogP contribution in [0.25, 0.3) is 0 Å². The predicted molar refractivity (Wildman–Crippen MR) is 95.3 cm³/mol. The third-order valence-electron chi connectivity index (χ3n) is 6.13. The summed E-state index contributed by atoms with van der Waals surface area (Å²) in [6, 6.07) is 6.02. The van der Waals surface area contributed by atoms with Crippen molar-refractivity contribution in [2.75, 3.05) is 26.7 Å². The van der Waals surface area contributed by atoms with Gasteiger partial charge in [0.25, 0.3) is 0 Å². The molecular formula is C20H26ClNO. The summed E-state index contributed by atoms with van der Waals surface area (Å²) < 4.78 is 5.54. The molecule has 3 unspecified atom stereocenters. The first-order valence-electron chi connectivity index (χ1n) is 8.97. The Labute approximate surface area is 144 Å². The van der Waals surface area contributed by atoms with Crippen LogP contribution in [-0.4, -0.2) is 31.6 Å². The van der Waals surface area contributed by atoms with Gasteiger partial charge in [-0.3, -0.25) is 0 Å². The maximum absolute atomic E-state index is 6.20. The molecule has 1 saturated heterocycles. The lowest BCUT2D eigenvalue weighted by molar-refractivity contribution is 0.171. The molecule has 0 radical (unpaired) electrons. The summed E-state index contributed by atoms with van der Waals surface area (Å²) >= 11 is 6.20. The zero-order valence-corrected chi connectivity index (χ0v) is 14.6. The molecule has 4 rings (SSSR count). The molecule has 1 aliphatic heterocycles. The molecule has 2 nitrogen and oxygen atoms in total. The van der Waals surface area contributed by atoms with Gasteiger partial charge >= 0.3 is 0 Å². The highest BCUT2D eigenvalue weighted by atomic mass is 35.5. The number of rotatable bonds is 4. The normalized spacial score (nSPS) is 31.0. The molecule has 0 N–H and O–H groups in total. The monoisotopic (exact) mass is 331 g/mol. The maximum atomic E-state index is 6.20. The first kappa shape index (κ1) is 15.5. The van der Waals surface area contributed by atoms with Crippen molar-refractivity contribution in [2.45, 2.75) is 31.6 Å². The van der Waals surface area contributed by atoms with Gasteiger partial charge in [0.05, 0.1) is 7.11 Å². The van der Waals surface area contributed by atoms with Gasteiger partial charge in [-0.2, -0.15) is 0 Å². The Balaban J connectivity index is 1.36. The van der Waals surface area contributed by atoms with Gasteiger partial charge in [-0.15, -0.1) is 0 Å². The Morgan fingerprint density at radius 1 is 1.17 bits per heavy atom. The van der Waals surface area contributed by atoms with Gasteiger partial charge in [0.1, 0.15) is 5.75 Å². The minimum atomic E-state index is 0.583. The molecule has 0 aromatic heterocycles. The van der Waals surface area contributed by atoms with Crippen molar-refractivity contribution in [1.82, 2.24) is 4.90 Å². The highest BCUT2D eigenvalue weighted by molar-refractivity contribution is 6.30. The van der Waals surface area contributed by atoms with E-state index in [0.29, 0.717) is 5.92 Å². The van der Waals surface area contributed by atoms with Crippen LogP contribution >= 0.6 is 11.6 Å². The van der Waals surface area contributed by atoms with Crippen LogP contribution < -0.4 is 4.74 Å². The molecule has 0 amide bonds. The SMILES string of the molecule is COc1ccc(Cl)cc1C1CCN(CC2CC3C=CC2C3)CC1. The highest BCUT2D eigenvalue weighted by Gasteiger charge is 2.36. The minimum Gasteiger partial charge on any atom is -0.496 e. The Kier molecular flexibility index (Phi) is 4.38. The average molecular weight is 332 g/mol. The summed E-state index contributed by atoms with van der Waals surface area (Å²) in [7, 11) is 1.75. The number of methoxy groups -OCH3 is 1. The van der Waals surface area contributed by atoms with Crippen molar-refractivity contribution < 1.29 is 4.74 Å². The first-order valence-corrected chi connectivity index (χ1v) is 9.35. The van der Waals surface area contributed by atoms with Crippen molar-refractivity contribution >= 4 is 11.6 Å². The van der Waals surface area contributed by atoms with Crippen LogP contribution in [0.3, 0.4) is 0 Å². The molecule has 0 spiro atoms. The fourth-order valence-electron chi connectivity index (χ4n) is 4.89. The van der Waals surface area contributed by atoms with Crippen LogP contribution in [0.2, 0.25) is 5.02 Å². The van der Waals surface area contributed by atoms with Gasteiger partial charge in [0.2, 0.25) is 0 Å². The summed E-state index contributed by atoms with van der Waals surface area (Å²) in [5.74, 6) is 4.23. The minimum absolute atomic E-state index is 0.583. The van der Waals surface area contributed by atoms with E-state index in [1.807, 2.05) is 12.1 Å². The molecule has 3 aliphatic rings. The van der Waals surface area contributed by atoms with Gasteiger partial charge in [0.15, 0.2) is 0 Å². The van der Waals surface area contributed by atoms with E-state index in [1.165, 1.54) is 50.9 Å². The number of fused-ring (bicyclic) bond motifs is 2. The molecule has 124 valence electrons. The second-order valence-corrected chi connectivity index (χ2v) is 7.94. The molecule has 1 heterocycles. The van der Waals surface area contributed by atoms with Crippen molar-refractivity contribution in [3.8, 4) is 5.75 Å². The van der Waals surface area contributed by atoms with Crippen molar-refractivity contribution in [3.05, 3.63) is 40.9 Å². The lowest BCUT2D eigenvalue weighted by atomic mass is 9.87. The zero-order valence-electron chi connectivity index (χ0n) is 13.9. The lowest BCUT2D eigenvalue weighted by Crippen LogP contribution is -2.37. The fraction of sp³-hybridized carbons (Fsp3) is 0.600. The number of nitrogens with zero attached hydrogens (tertiary/aromatic N) is 1. The molecule has 2 aliphatic carbocycles. The van der Waals surface area contributed by atoms with Crippen molar-refractivity contribution in [2.24, 2.45) is 17.8 Å². The van der Waals surface area contributed by atoms with Gasteiger partial charge < -0.3 is 9.64 Å². The van der Waals surface area contributed by atoms with Gasteiger partial charge in [-0.25, -0.2) is 0 Å². The Hall–Kier alpha value is -0.990. The molecule has 1 aromatic carbocycles. The van der Waals surface area contributed by atoms with Crippen LogP contribution in [0.15, 0.2) is 30.4 Å². The molecule has 2 fully saturated rings. The number of hydrogen-bond donors (Lipinski definition) is 0. The molecular weight excluding hydrogens is 306 g/mol. The molecule has 1 aromatic rings. The second kappa shape index (κ2) is 6.49. The van der Waals surface area contributed by atoms with E-state index in [1.54, 1.807) is 7.11 Å². The summed E-state index contributed by atoms with van der Waals surface area (Å²) in [4.78, 5) is 2.69. The van der Waals surface area contributed by atoms with Gasteiger partial charge in [0, 0.05) is 11.6 Å². The highest BCUT2D eigenvalue weighted by Crippen LogP contribution is 2.44. The first-order chi connectivity index (χ1) is 11.2. The van der Waals surface area contributed by atoms with E-state index in [0.717, 1.165) is 28.5 Å². The number of benzene rings is 1. The summed E-state index contributed by atoms with van der Waals surface area (Å²) in [5, 5.41) is 0.817. The van der Waals surface area contributed by atoms with Gasteiger partial charge in [-0.05, 0) is 86.2 Å². The zero-order chi connectivity index (χ0) is 15.8. The van der Waals surface area contributed by atoms with Gasteiger partial charge in [-0.1, -0.05) is 23.8 Å². The summed E-state index contributed by atoms with van der Waals surface area (Å²) in [6.45, 7) is 3.71. The lowest BCUT2D eigenvalue weighted by Gasteiger charge is -2.35. The van der Waals surface area contributed by atoms with E-state index >= 15 is 0 Å². The van der Waals surface area contributed by atoms with Crippen LogP contribution in [0.5, 0.6) is 5.75 Å². The molecule has 3 heteroatoms. The molecule has 3 atom stereocenters. The van der Waals surface area contributed by atoms with E-state index in [-0.39, 0.29) is 0 Å². The molecule has 1 saturated carbocycles. The summed E-state index contributed by atoms with van der Waals surface area (Å²) in [5.41, 5.74) is 1.29. The standard InChI is InChI=1S/C20H26ClNO/c1-23-20-5-4-18(21)12-19(20)15-6-8-22(9-7-15)13-17-11-14-2-3-16(17)10-14/h2-5,12,14-17H,6-11,13H2,1H3. The molecule has 23 heavy (non-hydrogen) atoms. The molecule has 2 bridgehead atoms. The third kappa shape index (κ3) is 3.16. The number of allylic oxidation sites excluding steroid dienone is 2. The average Bonchev–Trinajstić information content (AvgIpc) is 3.18. The third-order valence-corrected chi connectivity index (χ3v) is 6.36. The van der Waals surface area contributed by atoms with Crippen molar-refractivity contribution in [1.29, 1.82) is 0 Å². The van der Waals surface area contributed by atoms with Crippen molar-refractivity contribution in [3.63, 3.8) is 0 Å². The van der Waals surface area contributed by atoms with Crippen LogP contribution in [0.1, 0.15) is 37.2 Å². The second-order valence-electron chi connectivity index (χ2n) is 7.50. The van der Waals surface area contributed by atoms with E-state index in [4.69, 9.17) is 16.3 Å². The quantitative estimate of drug-likeness (QED) is 0.739. The van der Waals surface area contributed by atoms with Crippen LogP contribution in [-0.2, 0) is 0 Å². The van der Waals surface area contributed by atoms with Crippen LogP contribution in [0.4, 0.5) is 0 Å². The Bertz CT molecular complexity index is 591. The number of likely N-dealkylation sites (tertiary alicyclic amines) is 1. The van der Waals surface area contributed by atoms with Crippen LogP contribution in [0, 0.1) is 17.8 Å². The smallest absolute Gasteiger partial charge is 0.122 e. The Morgan fingerprint density at radius 2 is 2.00 bits per heavy atom. The van der Waals surface area contributed by atoms with E-state index in [2.05, 4.69) is 23.1 Å². The maximum Gasteiger partial charge on any atom is 0.122 e. The predicted octanol–water partition coefficient (Wildman–Crippen LogP) is 4.74. The number of hydrogen-bond acceptors (Lipinski definition) is 2. The fourth-order valence-corrected chi connectivity index (χ4v) is 5.07. The summed E-state index contributed by atoms with van der Waals surface area (Å²) in [6.07, 6.45) is 10.2. The Morgan fingerprint density at radius 3 is 2.65 bits per heavy atom. The number of ether oxygens (including phenoxy) is 1. The van der Waals surface area contributed by atoms with E-state index in [9.17, 15) is 0 Å². The number of piperidine rings is 1. The number of halogens is 1. The van der Waals surface area contributed by atoms with E-state index < -0.39 is 0 Å².